The van der Waals surface area contributed by atoms with Gasteiger partial charge in [-0.3, -0.25) is 4.79 Å². The molecule has 1 fully saturated rings. The number of amides is 1. The quantitative estimate of drug-likeness (QED) is 0.804. The van der Waals surface area contributed by atoms with Crippen LogP contribution in [0.3, 0.4) is 0 Å². The molecule has 4 nitrogen and oxygen atoms in total. The Morgan fingerprint density at radius 2 is 2.06 bits per heavy atom. The van der Waals surface area contributed by atoms with E-state index in [0.29, 0.717) is 10.7 Å². The molecule has 1 aliphatic heterocycles. The smallest absolute Gasteiger partial charge is 0.274 e. The lowest BCUT2D eigenvalue weighted by Gasteiger charge is -2.25. The van der Waals surface area contributed by atoms with Crippen molar-refractivity contribution in [2.45, 2.75) is 0 Å². The molecule has 3 rings (SSSR count). The van der Waals surface area contributed by atoms with Gasteiger partial charge in [0.25, 0.3) is 5.91 Å². The number of fused-ring (bicyclic) bond motifs is 1. The lowest BCUT2D eigenvalue weighted by molar-refractivity contribution is 0.0767. The van der Waals surface area contributed by atoms with Crippen LogP contribution in [0.5, 0.6) is 0 Å². The number of carbonyl (C=O) groups excluding carboxylic acids is 1. The summed E-state index contributed by atoms with van der Waals surface area (Å²) in [4.78, 5) is 18.5. The lowest BCUT2D eigenvalue weighted by atomic mass is 10.4. The zero-order valence-corrected chi connectivity index (χ0v) is 11.2. The van der Waals surface area contributed by atoms with Crippen molar-refractivity contribution in [2.75, 3.05) is 24.6 Å². The van der Waals surface area contributed by atoms with E-state index in [0.717, 1.165) is 30.2 Å². The normalized spacial score (nSPS) is 16.2. The minimum Gasteiger partial charge on any atom is -0.336 e. The predicted molar refractivity (Wildman–Crippen MR) is 73.4 cm³/mol. The van der Waals surface area contributed by atoms with Crippen LogP contribution in [0.4, 0.5) is 0 Å². The summed E-state index contributed by atoms with van der Waals surface area (Å²) >= 11 is 7.79. The average Bonchev–Trinajstić information content (AvgIpc) is 2.81. The first kappa shape index (κ1) is 11.9. The molecule has 1 amide bonds. The van der Waals surface area contributed by atoms with Gasteiger partial charge in [0.2, 0.25) is 0 Å². The number of hydrogen-bond acceptors (Lipinski definition) is 3. The van der Waals surface area contributed by atoms with Crippen LogP contribution in [0.25, 0.3) is 5.65 Å². The second-order valence-electron chi connectivity index (χ2n) is 4.14. The standard InChI is InChI=1S/C12H12ClN3OS/c13-9-1-2-11-14-10(8-16(11)7-9)12(17)15-3-5-18-6-4-15/h1-2,7-8H,3-6H2. The molecule has 0 aromatic carbocycles. The number of halogens is 1. The zero-order valence-electron chi connectivity index (χ0n) is 9.67. The fourth-order valence-electron chi connectivity index (χ4n) is 2.00. The SMILES string of the molecule is O=C(c1cn2cc(Cl)ccc2n1)N1CCSCC1. The van der Waals surface area contributed by atoms with Gasteiger partial charge in [0.05, 0.1) is 5.02 Å². The summed E-state index contributed by atoms with van der Waals surface area (Å²) in [7, 11) is 0. The second kappa shape index (κ2) is 4.82. The van der Waals surface area contributed by atoms with Crippen molar-refractivity contribution in [1.82, 2.24) is 14.3 Å². The highest BCUT2D eigenvalue weighted by Crippen LogP contribution is 2.15. The molecule has 1 saturated heterocycles. The first-order valence-corrected chi connectivity index (χ1v) is 7.28. The molecular formula is C12H12ClN3OS. The number of thioether (sulfide) groups is 1. The van der Waals surface area contributed by atoms with Crippen molar-refractivity contribution >= 4 is 34.9 Å². The van der Waals surface area contributed by atoms with Crippen LogP contribution >= 0.6 is 23.4 Å². The van der Waals surface area contributed by atoms with Gasteiger partial charge >= 0.3 is 0 Å². The summed E-state index contributed by atoms with van der Waals surface area (Å²) in [5, 5.41) is 0.633. The highest BCUT2D eigenvalue weighted by molar-refractivity contribution is 7.99. The van der Waals surface area contributed by atoms with Crippen LogP contribution < -0.4 is 0 Å². The Morgan fingerprint density at radius 3 is 2.83 bits per heavy atom. The van der Waals surface area contributed by atoms with E-state index < -0.39 is 0 Å². The van der Waals surface area contributed by atoms with Crippen molar-refractivity contribution < 1.29 is 4.79 Å². The van der Waals surface area contributed by atoms with Crippen LogP contribution in [-0.4, -0.2) is 44.8 Å². The van der Waals surface area contributed by atoms with Gasteiger partial charge in [0.15, 0.2) is 0 Å². The Balaban J connectivity index is 1.91. The third-order valence-electron chi connectivity index (χ3n) is 2.93. The van der Waals surface area contributed by atoms with E-state index in [1.54, 1.807) is 22.9 Å². The van der Waals surface area contributed by atoms with Crippen LogP contribution in [-0.2, 0) is 0 Å². The number of pyridine rings is 1. The average molecular weight is 282 g/mol. The molecule has 0 spiro atoms. The number of nitrogens with zero attached hydrogens (tertiary/aromatic N) is 3. The molecule has 0 bridgehead atoms. The van der Waals surface area contributed by atoms with Crippen LogP contribution in [0.1, 0.15) is 10.5 Å². The maximum absolute atomic E-state index is 12.3. The zero-order chi connectivity index (χ0) is 12.5. The summed E-state index contributed by atoms with van der Waals surface area (Å²) in [6.45, 7) is 1.61. The van der Waals surface area contributed by atoms with E-state index in [4.69, 9.17) is 11.6 Å². The Hall–Kier alpha value is -1.20. The number of aromatic nitrogens is 2. The topological polar surface area (TPSA) is 37.6 Å². The molecule has 0 unspecified atom stereocenters. The second-order valence-corrected chi connectivity index (χ2v) is 5.80. The monoisotopic (exact) mass is 281 g/mol. The molecule has 0 atom stereocenters. The maximum Gasteiger partial charge on any atom is 0.274 e. The van der Waals surface area contributed by atoms with Crippen molar-refractivity contribution in [3.05, 3.63) is 35.2 Å². The molecule has 1 aliphatic rings. The molecule has 18 heavy (non-hydrogen) atoms. The third kappa shape index (κ3) is 2.20. The molecule has 2 aromatic rings. The van der Waals surface area contributed by atoms with Gasteiger partial charge in [-0.15, -0.1) is 0 Å². The highest BCUT2D eigenvalue weighted by atomic mass is 35.5. The van der Waals surface area contributed by atoms with Crippen molar-refractivity contribution in [2.24, 2.45) is 0 Å². The maximum atomic E-state index is 12.3. The molecule has 6 heteroatoms. The summed E-state index contributed by atoms with van der Waals surface area (Å²) < 4.78 is 1.79. The minimum atomic E-state index is 0.00937. The van der Waals surface area contributed by atoms with Gasteiger partial charge in [0.1, 0.15) is 11.3 Å². The Kier molecular flexibility index (Phi) is 3.18. The van der Waals surface area contributed by atoms with Crippen molar-refractivity contribution in [3.63, 3.8) is 0 Å². The Morgan fingerprint density at radius 1 is 1.28 bits per heavy atom. The summed E-state index contributed by atoms with van der Waals surface area (Å²) in [5.74, 6) is 2.02. The fourth-order valence-corrected chi connectivity index (χ4v) is 3.07. The van der Waals surface area contributed by atoms with E-state index >= 15 is 0 Å². The van der Waals surface area contributed by atoms with E-state index in [2.05, 4.69) is 4.98 Å². The number of imidazole rings is 1. The van der Waals surface area contributed by atoms with Gasteiger partial charge in [-0.2, -0.15) is 11.8 Å². The highest BCUT2D eigenvalue weighted by Gasteiger charge is 2.20. The molecule has 0 N–H and O–H groups in total. The third-order valence-corrected chi connectivity index (χ3v) is 4.10. The summed E-state index contributed by atoms with van der Waals surface area (Å²) in [6, 6.07) is 3.58. The van der Waals surface area contributed by atoms with Gasteiger partial charge in [0, 0.05) is 37.0 Å². The molecule has 0 aliphatic carbocycles. The molecule has 0 saturated carbocycles. The van der Waals surface area contributed by atoms with Gasteiger partial charge < -0.3 is 9.30 Å². The molecule has 94 valence electrons. The van der Waals surface area contributed by atoms with E-state index in [1.165, 1.54) is 0 Å². The number of rotatable bonds is 1. The fraction of sp³-hybridized carbons (Fsp3) is 0.333. The Labute approximate surface area is 114 Å². The van der Waals surface area contributed by atoms with E-state index in [9.17, 15) is 4.79 Å². The van der Waals surface area contributed by atoms with Crippen LogP contribution in [0.2, 0.25) is 5.02 Å². The first-order chi connectivity index (χ1) is 8.74. The van der Waals surface area contributed by atoms with E-state index in [1.807, 2.05) is 22.7 Å². The lowest BCUT2D eigenvalue weighted by Crippen LogP contribution is -2.38. The molecule has 0 radical (unpaired) electrons. The molecule has 3 heterocycles. The van der Waals surface area contributed by atoms with E-state index in [-0.39, 0.29) is 5.91 Å². The predicted octanol–water partition coefficient (Wildman–Crippen LogP) is 2.18. The summed E-state index contributed by atoms with van der Waals surface area (Å²) in [5.41, 5.74) is 1.23. The Bertz CT molecular complexity index is 592. The molecule has 2 aromatic heterocycles. The number of carbonyl (C=O) groups is 1. The number of hydrogen-bond donors (Lipinski definition) is 0. The van der Waals surface area contributed by atoms with Crippen molar-refractivity contribution in [3.8, 4) is 0 Å². The summed E-state index contributed by atoms with van der Waals surface area (Å²) in [6.07, 6.45) is 3.50. The molecular weight excluding hydrogens is 270 g/mol. The minimum absolute atomic E-state index is 0.00937. The van der Waals surface area contributed by atoms with Crippen LogP contribution in [0.15, 0.2) is 24.5 Å². The first-order valence-electron chi connectivity index (χ1n) is 5.75. The van der Waals surface area contributed by atoms with Crippen molar-refractivity contribution in [1.29, 1.82) is 0 Å². The van der Waals surface area contributed by atoms with Gasteiger partial charge in [-0.25, -0.2) is 4.98 Å². The van der Waals surface area contributed by atoms with Crippen LogP contribution in [0, 0.1) is 0 Å². The largest absolute Gasteiger partial charge is 0.336 e. The van der Waals surface area contributed by atoms with Gasteiger partial charge in [-0.1, -0.05) is 11.6 Å². The van der Waals surface area contributed by atoms with Gasteiger partial charge in [-0.05, 0) is 12.1 Å².